The lowest BCUT2D eigenvalue weighted by Gasteiger charge is -2.10. The summed E-state index contributed by atoms with van der Waals surface area (Å²) in [5, 5.41) is 10.1. The summed E-state index contributed by atoms with van der Waals surface area (Å²) in [6.45, 7) is 4.28. The van der Waals surface area contributed by atoms with Crippen molar-refractivity contribution < 1.29 is 4.79 Å². The van der Waals surface area contributed by atoms with Crippen molar-refractivity contribution in [3.05, 3.63) is 35.5 Å². The van der Waals surface area contributed by atoms with Crippen LogP contribution in [0.25, 0.3) is 10.9 Å². The fraction of sp³-hybridized carbons (Fsp3) is 0.267. The van der Waals surface area contributed by atoms with Gasteiger partial charge in [-0.15, -0.1) is 11.8 Å². The molecule has 0 saturated heterocycles. The zero-order valence-corrected chi connectivity index (χ0v) is 11.7. The molecule has 0 fully saturated rings. The van der Waals surface area contributed by atoms with Gasteiger partial charge >= 0.3 is 0 Å². The van der Waals surface area contributed by atoms with Gasteiger partial charge in [-0.05, 0) is 24.1 Å². The van der Waals surface area contributed by atoms with E-state index < -0.39 is 0 Å². The van der Waals surface area contributed by atoms with Crippen LogP contribution in [0.3, 0.4) is 0 Å². The van der Waals surface area contributed by atoms with Gasteiger partial charge in [-0.25, -0.2) is 0 Å². The van der Waals surface area contributed by atoms with E-state index >= 15 is 0 Å². The largest absolute Gasteiger partial charge is 0.298 e. The number of thioether (sulfide) groups is 1. The predicted octanol–water partition coefficient (Wildman–Crippen LogP) is 3.67. The van der Waals surface area contributed by atoms with Gasteiger partial charge in [0.1, 0.15) is 12.4 Å². The van der Waals surface area contributed by atoms with Crippen LogP contribution in [0.5, 0.6) is 0 Å². The summed E-state index contributed by atoms with van der Waals surface area (Å²) in [7, 11) is 0. The number of aromatic nitrogens is 1. The quantitative estimate of drug-likeness (QED) is 0.628. The van der Waals surface area contributed by atoms with Crippen LogP contribution in [-0.4, -0.2) is 17.0 Å². The Labute approximate surface area is 116 Å². The summed E-state index contributed by atoms with van der Waals surface area (Å²) in [5.41, 5.74) is 1.99. The molecule has 0 amide bonds. The molecule has 0 radical (unpaired) electrons. The van der Waals surface area contributed by atoms with Crippen molar-refractivity contribution in [2.24, 2.45) is 5.92 Å². The summed E-state index contributed by atoms with van der Waals surface area (Å²) in [6.07, 6.45) is 2.42. The molecule has 0 aliphatic heterocycles. The van der Waals surface area contributed by atoms with Gasteiger partial charge in [-0.3, -0.25) is 9.78 Å². The molecule has 19 heavy (non-hydrogen) atoms. The SMILES string of the molecule is CC(C)CSc1c(C#N)cnc2ccc(C=O)cc12. The third-order valence-electron chi connectivity index (χ3n) is 2.66. The molecule has 1 heterocycles. The normalized spacial score (nSPS) is 10.6. The van der Waals surface area contributed by atoms with Crippen LogP contribution >= 0.6 is 11.8 Å². The van der Waals surface area contributed by atoms with Crippen molar-refractivity contribution in [3.8, 4) is 6.07 Å². The number of hydrogen-bond donors (Lipinski definition) is 0. The Morgan fingerprint density at radius 1 is 1.47 bits per heavy atom. The number of carbonyl (C=O) groups excluding carboxylic acids is 1. The molecule has 0 aliphatic rings. The van der Waals surface area contributed by atoms with Gasteiger partial charge < -0.3 is 0 Å². The molecule has 0 aliphatic carbocycles. The summed E-state index contributed by atoms with van der Waals surface area (Å²) < 4.78 is 0. The first kappa shape index (κ1) is 13.6. The van der Waals surface area contributed by atoms with Gasteiger partial charge in [-0.1, -0.05) is 13.8 Å². The van der Waals surface area contributed by atoms with Gasteiger partial charge in [-0.2, -0.15) is 5.26 Å². The van der Waals surface area contributed by atoms with Crippen molar-refractivity contribution in [2.75, 3.05) is 5.75 Å². The van der Waals surface area contributed by atoms with Crippen molar-refractivity contribution in [2.45, 2.75) is 18.7 Å². The van der Waals surface area contributed by atoms with E-state index in [1.54, 1.807) is 30.1 Å². The Morgan fingerprint density at radius 2 is 2.26 bits per heavy atom. The second-order valence-corrected chi connectivity index (χ2v) is 5.74. The molecule has 1 aromatic heterocycles. The number of aldehydes is 1. The van der Waals surface area contributed by atoms with Crippen molar-refractivity contribution in [1.29, 1.82) is 5.26 Å². The number of hydrogen-bond acceptors (Lipinski definition) is 4. The van der Waals surface area contributed by atoms with Crippen molar-refractivity contribution in [1.82, 2.24) is 4.98 Å². The van der Waals surface area contributed by atoms with E-state index in [1.165, 1.54) is 0 Å². The van der Waals surface area contributed by atoms with Crippen LogP contribution in [0.15, 0.2) is 29.3 Å². The molecule has 4 heteroatoms. The minimum Gasteiger partial charge on any atom is -0.298 e. The molecule has 0 N–H and O–H groups in total. The minimum atomic E-state index is 0.536. The molecule has 0 bridgehead atoms. The van der Waals surface area contributed by atoms with Crippen LogP contribution in [0.1, 0.15) is 29.8 Å². The Morgan fingerprint density at radius 3 is 2.89 bits per heavy atom. The summed E-state index contributed by atoms with van der Waals surface area (Å²) in [6, 6.07) is 7.54. The number of carbonyl (C=O) groups is 1. The van der Waals surface area contributed by atoms with E-state index in [0.717, 1.165) is 27.8 Å². The number of nitrogens with zero attached hydrogens (tertiary/aromatic N) is 2. The van der Waals surface area contributed by atoms with Crippen LogP contribution in [0.2, 0.25) is 0 Å². The fourth-order valence-corrected chi connectivity index (χ4v) is 2.82. The molecular formula is C15H14N2OS. The maximum absolute atomic E-state index is 10.9. The topological polar surface area (TPSA) is 53.8 Å². The minimum absolute atomic E-state index is 0.536. The maximum Gasteiger partial charge on any atom is 0.150 e. The van der Waals surface area contributed by atoms with Gasteiger partial charge in [0.05, 0.1) is 11.1 Å². The molecule has 0 saturated carbocycles. The second-order valence-electron chi connectivity index (χ2n) is 4.71. The van der Waals surface area contributed by atoms with Crippen LogP contribution in [0, 0.1) is 17.2 Å². The van der Waals surface area contributed by atoms with E-state index in [9.17, 15) is 10.1 Å². The number of fused-ring (bicyclic) bond motifs is 1. The van der Waals surface area contributed by atoms with Crippen LogP contribution in [-0.2, 0) is 0 Å². The fourth-order valence-electron chi connectivity index (χ4n) is 1.74. The van der Waals surface area contributed by atoms with Crippen molar-refractivity contribution >= 4 is 29.0 Å². The number of benzene rings is 1. The lowest BCUT2D eigenvalue weighted by Crippen LogP contribution is -1.94. The van der Waals surface area contributed by atoms with Crippen LogP contribution < -0.4 is 0 Å². The average Bonchev–Trinajstić information content (AvgIpc) is 2.43. The Bertz CT molecular complexity index is 659. The Kier molecular flexibility index (Phi) is 4.18. The lowest BCUT2D eigenvalue weighted by atomic mass is 10.1. The van der Waals surface area contributed by atoms with Gasteiger partial charge in [0.15, 0.2) is 0 Å². The smallest absolute Gasteiger partial charge is 0.150 e. The highest BCUT2D eigenvalue weighted by molar-refractivity contribution is 7.99. The monoisotopic (exact) mass is 270 g/mol. The molecule has 0 spiro atoms. The second kappa shape index (κ2) is 5.85. The third kappa shape index (κ3) is 2.94. The highest BCUT2D eigenvalue weighted by Crippen LogP contribution is 2.31. The summed E-state index contributed by atoms with van der Waals surface area (Å²) in [4.78, 5) is 16.1. The molecule has 3 nitrogen and oxygen atoms in total. The zero-order valence-electron chi connectivity index (χ0n) is 10.9. The maximum atomic E-state index is 10.9. The van der Waals surface area contributed by atoms with E-state index in [1.807, 2.05) is 6.07 Å². The third-order valence-corrected chi connectivity index (χ3v) is 4.22. The molecule has 1 aromatic carbocycles. The van der Waals surface area contributed by atoms with E-state index in [2.05, 4.69) is 24.9 Å². The summed E-state index contributed by atoms with van der Waals surface area (Å²) in [5.74, 6) is 1.47. The van der Waals surface area contributed by atoms with E-state index in [-0.39, 0.29) is 0 Å². The highest BCUT2D eigenvalue weighted by atomic mass is 32.2. The molecule has 0 atom stereocenters. The first-order valence-electron chi connectivity index (χ1n) is 6.06. The van der Waals surface area contributed by atoms with E-state index in [0.29, 0.717) is 17.0 Å². The van der Waals surface area contributed by atoms with Gasteiger partial charge in [0.2, 0.25) is 0 Å². The van der Waals surface area contributed by atoms with Gasteiger partial charge in [0.25, 0.3) is 0 Å². The first-order valence-corrected chi connectivity index (χ1v) is 7.05. The average molecular weight is 270 g/mol. The molecular weight excluding hydrogens is 256 g/mol. The van der Waals surface area contributed by atoms with Crippen LogP contribution in [0.4, 0.5) is 0 Å². The molecule has 2 rings (SSSR count). The first-order chi connectivity index (χ1) is 9.15. The molecule has 2 aromatic rings. The van der Waals surface area contributed by atoms with Gasteiger partial charge in [0, 0.05) is 27.8 Å². The molecule has 96 valence electrons. The number of rotatable bonds is 4. The summed E-state index contributed by atoms with van der Waals surface area (Å²) >= 11 is 1.65. The number of pyridine rings is 1. The lowest BCUT2D eigenvalue weighted by molar-refractivity contribution is 0.112. The van der Waals surface area contributed by atoms with E-state index in [4.69, 9.17) is 0 Å². The number of nitriles is 1. The predicted molar refractivity (Wildman–Crippen MR) is 77.4 cm³/mol. The highest BCUT2D eigenvalue weighted by Gasteiger charge is 2.11. The Hall–Kier alpha value is -1.86. The standard InChI is InChI=1S/C15H14N2OS/c1-10(2)9-19-15-12(6-16)7-17-14-4-3-11(8-18)5-13(14)15/h3-5,7-8,10H,9H2,1-2H3. The molecule has 0 unspecified atom stereocenters. The zero-order chi connectivity index (χ0) is 13.8. The Balaban J connectivity index is 2.60. The van der Waals surface area contributed by atoms with Crippen molar-refractivity contribution in [3.63, 3.8) is 0 Å².